The number of methoxy groups -OCH3 is 2. The van der Waals surface area contributed by atoms with Gasteiger partial charge in [0.1, 0.15) is 6.07 Å². The number of anilines is 1. The van der Waals surface area contributed by atoms with Gasteiger partial charge in [-0.1, -0.05) is 6.07 Å². The molecule has 1 fully saturated rings. The highest BCUT2D eigenvalue weighted by Crippen LogP contribution is 2.36. The standard InChI is InChI=1S/C20H24N4O2/c1-25-18-4-3-15(9-19(18)26-2)17-13-23-12-16(10-21)20(17)24-11-14-5-7-22-8-6-14/h3-4,9,12-14,22H,5-8,11H2,1-2H3,(H,23,24). The lowest BCUT2D eigenvalue weighted by molar-refractivity contribution is 0.355. The van der Waals surface area contributed by atoms with Crippen LogP contribution in [0.25, 0.3) is 11.1 Å². The monoisotopic (exact) mass is 352 g/mol. The molecule has 0 radical (unpaired) electrons. The molecule has 3 rings (SSSR count). The van der Waals surface area contributed by atoms with Crippen LogP contribution in [0.5, 0.6) is 11.5 Å². The van der Waals surface area contributed by atoms with Crippen molar-refractivity contribution in [2.75, 3.05) is 39.2 Å². The average Bonchev–Trinajstić information content (AvgIpc) is 2.72. The van der Waals surface area contributed by atoms with E-state index >= 15 is 0 Å². The smallest absolute Gasteiger partial charge is 0.161 e. The number of benzene rings is 1. The molecule has 0 amide bonds. The van der Waals surface area contributed by atoms with Crippen molar-refractivity contribution in [1.82, 2.24) is 10.3 Å². The summed E-state index contributed by atoms with van der Waals surface area (Å²) in [6.45, 7) is 2.95. The molecule has 0 saturated carbocycles. The van der Waals surface area contributed by atoms with Crippen LogP contribution < -0.4 is 20.1 Å². The quantitative estimate of drug-likeness (QED) is 0.832. The van der Waals surface area contributed by atoms with Crippen molar-refractivity contribution < 1.29 is 9.47 Å². The second kappa shape index (κ2) is 8.54. The van der Waals surface area contributed by atoms with Crippen molar-refractivity contribution in [2.45, 2.75) is 12.8 Å². The number of rotatable bonds is 6. The number of pyridine rings is 1. The Hall–Kier alpha value is -2.78. The summed E-state index contributed by atoms with van der Waals surface area (Å²) in [5.74, 6) is 1.93. The lowest BCUT2D eigenvalue weighted by atomic mass is 9.97. The Morgan fingerprint density at radius 1 is 1.19 bits per heavy atom. The van der Waals surface area contributed by atoms with Gasteiger partial charge in [0.05, 0.1) is 25.5 Å². The first kappa shape index (κ1) is 18.0. The molecule has 136 valence electrons. The van der Waals surface area contributed by atoms with Crippen LogP contribution in [-0.2, 0) is 0 Å². The van der Waals surface area contributed by atoms with Crippen molar-refractivity contribution >= 4 is 5.69 Å². The lowest BCUT2D eigenvalue weighted by Gasteiger charge is -2.24. The van der Waals surface area contributed by atoms with Gasteiger partial charge in [-0.15, -0.1) is 0 Å². The van der Waals surface area contributed by atoms with E-state index < -0.39 is 0 Å². The summed E-state index contributed by atoms with van der Waals surface area (Å²) in [5.41, 5.74) is 3.19. The van der Waals surface area contributed by atoms with Gasteiger partial charge in [-0.25, -0.2) is 0 Å². The topological polar surface area (TPSA) is 79.2 Å². The molecule has 2 heterocycles. The maximum Gasteiger partial charge on any atom is 0.161 e. The number of aromatic nitrogens is 1. The summed E-state index contributed by atoms with van der Waals surface area (Å²) in [6, 6.07) is 7.98. The van der Waals surface area contributed by atoms with Crippen molar-refractivity contribution in [3.05, 3.63) is 36.2 Å². The third-order valence-electron chi connectivity index (χ3n) is 4.79. The van der Waals surface area contributed by atoms with E-state index in [1.807, 2.05) is 18.2 Å². The van der Waals surface area contributed by atoms with E-state index in [1.54, 1.807) is 26.6 Å². The molecule has 0 spiro atoms. The van der Waals surface area contributed by atoms with E-state index in [0.29, 0.717) is 23.0 Å². The predicted octanol–water partition coefficient (Wildman–Crippen LogP) is 3.05. The van der Waals surface area contributed by atoms with E-state index in [0.717, 1.165) is 49.3 Å². The first-order chi connectivity index (χ1) is 12.8. The molecule has 0 atom stereocenters. The minimum absolute atomic E-state index is 0.547. The molecular formula is C20H24N4O2. The van der Waals surface area contributed by atoms with Gasteiger partial charge in [-0.2, -0.15) is 5.26 Å². The Kier molecular flexibility index (Phi) is 5.92. The molecular weight excluding hydrogens is 328 g/mol. The van der Waals surface area contributed by atoms with Gasteiger partial charge in [0.25, 0.3) is 0 Å². The number of hydrogen-bond donors (Lipinski definition) is 2. The maximum absolute atomic E-state index is 9.52. The van der Waals surface area contributed by atoms with Gasteiger partial charge in [0.15, 0.2) is 11.5 Å². The first-order valence-corrected chi connectivity index (χ1v) is 8.82. The fraction of sp³-hybridized carbons (Fsp3) is 0.400. The fourth-order valence-corrected chi connectivity index (χ4v) is 3.29. The van der Waals surface area contributed by atoms with Crippen LogP contribution in [-0.4, -0.2) is 38.8 Å². The summed E-state index contributed by atoms with van der Waals surface area (Å²) in [7, 11) is 3.23. The van der Waals surface area contributed by atoms with Gasteiger partial charge in [-0.3, -0.25) is 4.98 Å². The van der Waals surface area contributed by atoms with Crippen LogP contribution in [0.3, 0.4) is 0 Å². The predicted molar refractivity (Wildman–Crippen MR) is 102 cm³/mol. The summed E-state index contributed by atoms with van der Waals surface area (Å²) < 4.78 is 10.7. The van der Waals surface area contributed by atoms with Gasteiger partial charge < -0.3 is 20.1 Å². The third-order valence-corrected chi connectivity index (χ3v) is 4.79. The number of nitriles is 1. The number of hydrogen-bond acceptors (Lipinski definition) is 6. The van der Waals surface area contributed by atoms with Crippen molar-refractivity contribution in [1.29, 1.82) is 5.26 Å². The van der Waals surface area contributed by atoms with E-state index in [4.69, 9.17) is 9.47 Å². The summed E-state index contributed by atoms with van der Waals surface area (Å²) in [5, 5.41) is 16.4. The first-order valence-electron chi connectivity index (χ1n) is 8.82. The van der Waals surface area contributed by atoms with E-state index in [1.165, 1.54) is 0 Å². The van der Waals surface area contributed by atoms with E-state index in [2.05, 4.69) is 21.7 Å². The van der Waals surface area contributed by atoms with Gasteiger partial charge >= 0.3 is 0 Å². The summed E-state index contributed by atoms with van der Waals surface area (Å²) in [4.78, 5) is 4.24. The van der Waals surface area contributed by atoms with E-state index in [-0.39, 0.29) is 0 Å². The van der Waals surface area contributed by atoms with Crippen molar-refractivity contribution in [3.8, 4) is 28.7 Å². The molecule has 1 aliphatic heterocycles. The highest BCUT2D eigenvalue weighted by Gasteiger charge is 2.17. The Balaban J connectivity index is 1.92. The third kappa shape index (κ3) is 3.89. The molecule has 1 aromatic heterocycles. The fourth-order valence-electron chi connectivity index (χ4n) is 3.29. The molecule has 2 N–H and O–H groups in total. The van der Waals surface area contributed by atoms with Gasteiger partial charge in [-0.05, 0) is 49.5 Å². The van der Waals surface area contributed by atoms with Crippen LogP contribution in [0.2, 0.25) is 0 Å². The molecule has 0 unspecified atom stereocenters. The van der Waals surface area contributed by atoms with E-state index in [9.17, 15) is 5.26 Å². The number of nitrogens with zero attached hydrogens (tertiary/aromatic N) is 2. The highest BCUT2D eigenvalue weighted by atomic mass is 16.5. The second-order valence-electron chi connectivity index (χ2n) is 6.37. The van der Waals surface area contributed by atoms with Crippen LogP contribution in [0.4, 0.5) is 5.69 Å². The minimum Gasteiger partial charge on any atom is -0.493 e. The molecule has 1 aromatic carbocycles. The van der Waals surface area contributed by atoms with Gasteiger partial charge in [0, 0.05) is 24.5 Å². The number of nitrogens with one attached hydrogen (secondary N) is 2. The molecule has 1 aliphatic rings. The Labute approximate surface area is 154 Å². The zero-order valence-electron chi connectivity index (χ0n) is 15.2. The molecule has 26 heavy (non-hydrogen) atoms. The molecule has 2 aromatic rings. The Bertz CT molecular complexity index is 795. The zero-order valence-corrected chi connectivity index (χ0v) is 15.2. The zero-order chi connectivity index (χ0) is 18.4. The van der Waals surface area contributed by atoms with Gasteiger partial charge in [0.2, 0.25) is 0 Å². The van der Waals surface area contributed by atoms with Crippen LogP contribution in [0.15, 0.2) is 30.6 Å². The number of piperidine rings is 1. The normalized spacial score (nSPS) is 14.5. The SMILES string of the molecule is COc1ccc(-c2cncc(C#N)c2NCC2CCNCC2)cc1OC. The summed E-state index contributed by atoms with van der Waals surface area (Å²) >= 11 is 0. The highest BCUT2D eigenvalue weighted by molar-refractivity contribution is 5.82. The van der Waals surface area contributed by atoms with Crippen LogP contribution in [0, 0.1) is 17.2 Å². The minimum atomic E-state index is 0.547. The average molecular weight is 352 g/mol. The molecule has 6 heteroatoms. The molecule has 0 bridgehead atoms. The van der Waals surface area contributed by atoms with Crippen LogP contribution >= 0.6 is 0 Å². The lowest BCUT2D eigenvalue weighted by Crippen LogP contribution is -2.31. The second-order valence-corrected chi connectivity index (χ2v) is 6.37. The van der Waals surface area contributed by atoms with Crippen molar-refractivity contribution in [3.63, 3.8) is 0 Å². The Morgan fingerprint density at radius 3 is 2.65 bits per heavy atom. The summed E-state index contributed by atoms with van der Waals surface area (Å²) in [6.07, 6.45) is 5.68. The molecule has 1 saturated heterocycles. The maximum atomic E-state index is 9.52. The molecule has 0 aliphatic carbocycles. The largest absolute Gasteiger partial charge is 0.493 e. The van der Waals surface area contributed by atoms with Crippen LogP contribution in [0.1, 0.15) is 18.4 Å². The Morgan fingerprint density at radius 2 is 1.96 bits per heavy atom. The number of ether oxygens (including phenoxy) is 2. The molecule has 6 nitrogen and oxygen atoms in total. The van der Waals surface area contributed by atoms with Crippen molar-refractivity contribution in [2.24, 2.45) is 5.92 Å².